The van der Waals surface area contributed by atoms with Gasteiger partial charge in [0.25, 0.3) is 5.69 Å². The van der Waals surface area contributed by atoms with E-state index in [0.717, 1.165) is 0 Å². The summed E-state index contributed by atoms with van der Waals surface area (Å²) in [5, 5.41) is 31.2. The smallest absolute Gasteiger partial charge is 0.293 e. The molecule has 0 aromatic heterocycles. The number of nitrogens with zero attached hydrogens (tertiary/aromatic N) is 1. The molecule has 0 unspecified atom stereocenters. The van der Waals surface area contributed by atoms with Crippen molar-refractivity contribution in [3.63, 3.8) is 0 Å². The number of benzene rings is 1. The van der Waals surface area contributed by atoms with Crippen LogP contribution in [0.15, 0.2) is 22.7 Å². The van der Waals surface area contributed by atoms with E-state index in [2.05, 4.69) is 21.2 Å². The molecule has 0 radical (unpaired) electrons. The van der Waals surface area contributed by atoms with Crippen LogP contribution in [0.5, 0.6) is 0 Å². The van der Waals surface area contributed by atoms with Crippen molar-refractivity contribution in [1.82, 2.24) is 0 Å². The Morgan fingerprint density at radius 3 is 2.56 bits per heavy atom. The van der Waals surface area contributed by atoms with Gasteiger partial charge in [-0.2, -0.15) is 0 Å². The zero-order valence-corrected chi connectivity index (χ0v) is 9.85. The van der Waals surface area contributed by atoms with Gasteiger partial charge in [-0.15, -0.1) is 0 Å². The van der Waals surface area contributed by atoms with Crippen molar-refractivity contribution in [2.75, 3.05) is 18.5 Å². The molecule has 1 aromatic carbocycles. The van der Waals surface area contributed by atoms with Crippen LogP contribution in [-0.4, -0.2) is 34.4 Å². The first kappa shape index (κ1) is 12.9. The van der Waals surface area contributed by atoms with Crippen molar-refractivity contribution in [2.45, 2.75) is 6.04 Å². The van der Waals surface area contributed by atoms with E-state index in [1.807, 2.05) is 0 Å². The highest BCUT2D eigenvalue weighted by atomic mass is 79.9. The molecule has 0 heterocycles. The molecule has 0 saturated heterocycles. The maximum Gasteiger partial charge on any atom is 0.293 e. The van der Waals surface area contributed by atoms with Gasteiger partial charge in [0.1, 0.15) is 5.69 Å². The molecule has 1 rings (SSSR count). The second-order valence-corrected chi connectivity index (χ2v) is 4.04. The third kappa shape index (κ3) is 3.16. The third-order valence-corrected chi connectivity index (χ3v) is 2.45. The Labute approximate surface area is 100 Å². The quantitative estimate of drug-likeness (QED) is 0.558. The van der Waals surface area contributed by atoms with Crippen LogP contribution in [0.25, 0.3) is 0 Å². The number of nitro benzene ring substituents is 1. The normalized spacial score (nSPS) is 10.5. The van der Waals surface area contributed by atoms with Gasteiger partial charge in [-0.05, 0) is 12.1 Å². The molecule has 0 saturated carbocycles. The van der Waals surface area contributed by atoms with Crippen LogP contribution in [0.2, 0.25) is 0 Å². The van der Waals surface area contributed by atoms with Crippen LogP contribution in [0.4, 0.5) is 11.4 Å². The SMILES string of the molecule is O=[N+]([O-])c1cc(Br)ccc1NC(CO)CO. The van der Waals surface area contributed by atoms with E-state index in [1.165, 1.54) is 12.1 Å². The van der Waals surface area contributed by atoms with Gasteiger partial charge in [-0.25, -0.2) is 0 Å². The summed E-state index contributed by atoms with van der Waals surface area (Å²) in [7, 11) is 0. The lowest BCUT2D eigenvalue weighted by Crippen LogP contribution is -2.27. The Morgan fingerprint density at radius 1 is 1.44 bits per heavy atom. The predicted octanol–water partition coefficient (Wildman–Crippen LogP) is 1.12. The molecule has 0 aliphatic carbocycles. The van der Waals surface area contributed by atoms with Crippen LogP contribution in [0.1, 0.15) is 0 Å². The summed E-state index contributed by atoms with van der Waals surface area (Å²) in [5.74, 6) is 0. The van der Waals surface area contributed by atoms with Crippen molar-refractivity contribution in [1.29, 1.82) is 0 Å². The first-order valence-corrected chi connectivity index (χ1v) is 5.30. The fourth-order valence-corrected chi connectivity index (χ4v) is 1.50. The molecule has 1 aromatic rings. The van der Waals surface area contributed by atoms with Crippen molar-refractivity contribution < 1.29 is 15.1 Å². The number of anilines is 1. The molecule has 0 aliphatic rings. The predicted molar refractivity (Wildman–Crippen MR) is 62.4 cm³/mol. The lowest BCUT2D eigenvalue weighted by atomic mass is 10.2. The van der Waals surface area contributed by atoms with Gasteiger partial charge in [-0.1, -0.05) is 15.9 Å². The van der Waals surface area contributed by atoms with E-state index < -0.39 is 11.0 Å². The van der Waals surface area contributed by atoms with Crippen molar-refractivity contribution in [2.24, 2.45) is 0 Å². The van der Waals surface area contributed by atoms with Crippen LogP contribution in [-0.2, 0) is 0 Å². The number of nitrogens with one attached hydrogen (secondary N) is 1. The minimum absolute atomic E-state index is 0.110. The standard InChI is InChI=1S/C9H11BrN2O4/c10-6-1-2-8(9(3-6)12(15)16)11-7(4-13)5-14/h1-3,7,11,13-14H,4-5H2. The number of hydrogen-bond donors (Lipinski definition) is 3. The van der Waals surface area contributed by atoms with E-state index >= 15 is 0 Å². The minimum Gasteiger partial charge on any atom is -0.394 e. The Kier molecular flexibility index (Phi) is 4.66. The van der Waals surface area contributed by atoms with Crippen molar-refractivity contribution in [3.05, 3.63) is 32.8 Å². The van der Waals surface area contributed by atoms with E-state index in [4.69, 9.17) is 10.2 Å². The van der Waals surface area contributed by atoms with E-state index in [1.54, 1.807) is 6.07 Å². The van der Waals surface area contributed by atoms with E-state index in [0.29, 0.717) is 4.47 Å². The van der Waals surface area contributed by atoms with Gasteiger partial charge >= 0.3 is 0 Å². The Bertz CT molecular complexity index is 382. The van der Waals surface area contributed by atoms with Gasteiger partial charge in [0.2, 0.25) is 0 Å². The molecular formula is C9H11BrN2O4. The van der Waals surface area contributed by atoms with Gasteiger partial charge < -0.3 is 15.5 Å². The number of hydrogen-bond acceptors (Lipinski definition) is 5. The second-order valence-electron chi connectivity index (χ2n) is 3.12. The molecule has 0 aliphatic heterocycles. The van der Waals surface area contributed by atoms with Gasteiger partial charge in [-0.3, -0.25) is 10.1 Å². The van der Waals surface area contributed by atoms with Crippen LogP contribution in [0, 0.1) is 10.1 Å². The molecule has 16 heavy (non-hydrogen) atoms. The monoisotopic (exact) mass is 290 g/mol. The van der Waals surface area contributed by atoms with Gasteiger partial charge in [0.15, 0.2) is 0 Å². The summed E-state index contributed by atoms with van der Waals surface area (Å²) < 4.78 is 0.592. The molecule has 0 amide bonds. The highest BCUT2D eigenvalue weighted by molar-refractivity contribution is 9.10. The Hall–Kier alpha value is -1.18. The lowest BCUT2D eigenvalue weighted by Gasteiger charge is -2.14. The second kappa shape index (κ2) is 5.78. The molecule has 3 N–H and O–H groups in total. The number of aliphatic hydroxyl groups is 2. The summed E-state index contributed by atoms with van der Waals surface area (Å²) in [6.45, 7) is -0.604. The maximum atomic E-state index is 10.8. The topological polar surface area (TPSA) is 95.6 Å². The summed E-state index contributed by atoms with van der Waals surface area (Å²) in [4.78, 5) is 10.2. The van der Waals surface area contributed by atoms with Gasteiger partial charge in [0, 0.05) is 10.5 Å². The number of nitro groups is 1. The molecule has 0 atom stereocenters. The molecule has 0 fully saturated rings. The van der Waals surface area contributed by atoms with E-state index in [-0.39, 0.29) is 24.6 Å². The Balaban J connectivity index is 2.98. The zero-order valence-electron chi connectivity index (χ0n) is 8.26. The number of aliphatic hydroxyl groups excluding tert-OH is 2. The van der Waals surface area contributed by atoms with Crippen molar-refractivity contribution >= 4 is 27.3 Å². The minimum atomic E-state index is -0.611. The molecule has 0 bridgehead atoms. The molecule has 6 nitrogen and oxygen atoms in total. The third-order valence-electron chi connectivity index (χ3n) is 1.96. The average molecular weight is 291 g/mol. The Morgan fingerprint density at radius 2 is 2.06 bits per heavy atom. The maximum absolute atomic E-state index is 10.8. The fourth-order valence-electron chi connectivity index (χ4n) is 1.15. The number of halogens is 1. The van der Waals surface area contributed by atoms with E-state index in [9.17, 15) is 10.1 Å². The largest absolute Gasteiger partial charge is 0.394 e. The summed E-state index contributed by atoms with van der Waals surface area (Å²) in [5.41, 5.74) is 0.155. The van der Waals surface area contributed by atoms with Gasteiger partial charge in [0.05, 0.1) is 24.2 Å². The zero-order chi connectivity index (χ0) is 12.1. The summed E-state index contributed by atoms with van der Waals surface area (Å²) in [6, 6.07) is 3.90. The van der Waals surface area contributed by atoms with Crippen LogP contribution in [0.3, 0.4) is 0 Å². The molecule has 88 valence electrons. The summed E-state index contributed by atoms with van der Waals surface area (Å²) in [6.07, 6.45) is 0. The first-order valence-electron chi connectivity index (χ1n) is 4.50. The molecule has 7 heteroatoms. The fraction of sp³-hybridized carbons (Fsp3) is 0.333. The van der Waals surface area contributed by atoms with Crippen LogP contribution >= 0.6 is 15.9 Å². The molecular weight excluding hydrogens is 280 g/mol. The van der Waals surface area contributed by atoms with Crippen LogP contribution < -0.4 is 5.32 Å². The lowest BCUT2D eigenvalue weighted by molar-refractivity contribution is -0.384. The average Bonchev–Trinajstić information content (AvgIpc) is 2.27. The first-order chi connectivity index (χ1) is 7.58. The highest BCUT2D eigenvalue weighted by Crippen LogP contribution is 2.28. The number of rotatable bonds is 5. The van der Waals surface area contributed by atoms with Crippen molar-refractivity contribution in [3.8, 4) is 0 Å². The summed E-state index contributed by atoms with van der Waals surface area (Å²) >= 11 is 3.13. The molecule has 0 spiro atoms. The highest BCUT2D eigenvalue weighted by Gasteiger charge is 2.16.